The lowest BCUT2D eigenvalue weighted by molar-refractivity contribution is -0.112. The Kier molecular flexibility index (Phi) is 5.35. The van der Waals surface area contributed by atoms with Gasteiger partial charge in [0.25, 0.3) is 0 Å². The predicted molar refractivity (Wildman–Crippen MR) is 136 cm³/mol. The molecule has 8 nitrogen and oxygen atoms in total. The number of hydrogen-bond donors (Lipinski definition) is 2. The van der Waals surface area contributed by atoms with Crippen molar-refractivity contribution < 1.29 is 24.4 Å². The summed E-state index contributed by atoms with van der Waals surface area (Å²) >= 11 is 5.92. The molecule has 6 rings (SSSR count). The van der Waals surface area contributed by atoms with Crippen molar-refractivity contribution in [2.24, 2.45) is 0 Å². The molecule has 2 aliphatic rings. The van der Waals surface area contributed by atoms with Crippen LogP contribution >= 0.6 is 11.6 Å². The molecule has 1 saturated heterocycles. The summed E-state index contributed by atoms with van der Waals surface area (Å²) in [5, 5.41) is 34.7. The van der Waals surface area contributed by atoms with Gasteiger partial charge in [0.15, 0.2) is 0 Å². The first-order chi connectivity index (χ1) is 17.8. The summed E-state index contributed by atoms with van der Waals surface area (Å²) in [6, 6.07) is 16.4. The lowest BCUT2D eigenvalue weighted by atomic mass is 9.76. The minimum absolute atomic E-state index is 0.106. The quantitative estimate of drug-likeness (QED) is 0.357. The first kappa shape index (κ1) is 23.6. The molecule has 0 aliphatic carbocycles. The molecule has 2 N–H and O–H groups in total. The molecule has 9 heteroatoms. The zero-order valence-corrected chi connectivity index (χ0v) is 21.0. The fourth-order valence-electron chi connectivity index (χ4n) is 5.98. The molecule has 0 saturated carbocycles. The molecule has 1 fully saturated rings. The maximum absolute atomic E-state index is 11.6. The van der Waals surface area contributed by atoms with Crippen LogP contribution in [0.2, 0.25) is 5.02 Å². The van der Waals surface area contributed by atoms with E-state index in [0.29, 0.717) is 46.1 Å². The molecule has 0 amide bonds. The van der Waals surface area contributed by atoms with Crippen molar-refractivity contribution >= 4 is 22.4 Å². The van der Waals surface area contributed by atoms with Gasteiger partial charge in [-0.25, -0.2) is 4.98 Å². The number of pyridine rings is 1. The molecule has 4 aromatic rings. The van der Waals surface area contributed by atoms with Crippen LogP contribution in [0.4, 0.5) is 0 Å². The van der Waals surface area contributed by atoms with Gasteiger partial charge in [-0.05, 0) is 25.1 Å². The average molecular weight is 518 g/mol. The molecule has 0 spiro atoms. The van der Waals surface area contributed by atoms with Gasteiger partial charge in [0, 0.05) is 43.0 Å². The van der Waals surface area contributed by atoms with Gasteiger partial charge in [-0.2, -0.15) is 5.26 Å². The number of rotatable bonds is 6. The highest BCUT2D eigenvalue weighted by atomic mass is 35.5. The second-order valence-electron chi connectivity index (χ2n) is 9.57. The molecule has 2 aromatic heterocycles. The van der Waals surface area contributed by atoms with E-state index in [1.165, 1.54) is 10.8 Å². The number of hydrogen-bond acceptors (Lipinski definition) is 7. The second-order valence-corrected chi connectivity index (χ2v) is 10.0. The molecule has 2 aromatic carbocycles. The van der Waals surface area contributed by atoms with Crippen molar-refractivity contribution in [3.8, 4) is 29.4 Å². The Morgan fingerprint density at radius 2 is 1.89 bits per heavy atom. The van der Waals surface area contributed by atoms with Crippen LogP contribution in [0.1, 0.15) is 36.5 Å². The first-order valence-electron chi connectivity index (χ1n) is 11.9. The number of benzene rings is 2. The lowest BCUT2D eigenvalue weighted by Crippen LogP contribution is -2.35. The van der Waals surface area contributed by atoms with Gasteiger partial charge in [0.1, 0.15) is 11.2 Å². The van der Waals surface area contributed by atoms with Gasteiger partial charge in [0.2, 0.25) is 17.6 Å². The topological polar surface area (TPSA) is 110 Å². The highest BCUT2D eigenvalue weighted by Gasteiger charge is 2.66. The molecule has 37 heavy (non-hydrogen) atoms. The van der Waals surface area contributed by atoms with Gasteiger partial charge in [-0.1, -0.05) is 35.9 Å². The van der Waals surface area contributed by atoms with Crippen LogP contribution in [0.15, 0.2) is 54.7 Å². The van der Waals surface area contributed by atoms with Crippen molar-refractivity contribution in [3.63, 3.8) is 0 Å². The van der Waals surface area contributed by atoms with Crippen molar-refractivity contribution in [2.45, 2.75) is 37.1 Å². The lowest BCUT2D eigenvalue weighted by Gasteiger charge is -2.28. The van der Waals surface area contributed by atoms with E-state index >= 15 is 0 Å². The summed E-state index contributed by atoms with van der Waals surface area (Å²) in [4.78, 5) is 4.17. The summed E-state index contributed by atoms with van der Waals surface area (Å²) in [5.41, 5.74) is 0.192. The molecular formula is C28H24ClN3O5. The monoisotopic (exact) mass is 517 g/mol. The maximum Gasteiger partial charge on any atom is 0.213 e. The van der Waals surface area contributed by atoms with Gasteiger partial charge in [-0.15, -0.1) is 0 Å². The van der Waals surface area contributed by atoms with Crippen molar-refractivity contribution in [1.82, 2.24) is 9.55 Å². The summed E-state index contributed by atoms with van der Waals surface area (Å²) in [6.07, 6.45) is 2.05. The number of nitrogens with zero attached hydrogens (tertiary/aromatic N) is 3. The number of aromatic nitrogens is 2. The van der Waals surface area contributed by atoms with Crippen molar-refractivity contribution in [2.75, 3.05) is 13.7 Å². The second kappa shape index (κ2) is 8.38. The number of ether oxygens (including phenoxy) is 3. The summed E-state index contributed by atoms with van der Waals surface area (Å²) in [5.74, 6) is 0.204. The van der Waals surface area contributed by atoms with Gasteiger partial charge in [0.05, 0.1) is 46.2 Å². The third kappa shape index (κ3) is 3.32. The Bertz CT molecular complexity index is 1580. The van der Waals surface area contributed by atoms with Crippen LogP contribution in [0.3, 0.4) is 0 Å². The summed E-state index contributed by atoms with van der Waals surface area (Å²) < 4.78 is 19.7. The van der Waals surface area contributed by atoms with Crippen LogP contribution in [0, 0.1) is 11.3 Å². The highest BCUT2D eigenvalue weighted by Crippen LogP contribution is 2.66. The predicted octanol–water partition coefficient (Wildman–Crippen LogP) is 5.29. The molecule has 2 bridgehead atoms. The zero-order chi connectivity index (χ0) is 25.9. The third-order valence-corrected chi connectivity index (χ3v) is 7.84. The Labute approximate surface area is 218 Å². The van der Waals surface area contributed by atoms with Crippen molar-refractivity contribution in [1.29, 1.82) is 5.26 Å². The van der Waals surface area contributed by atoms with Gasteiger partial charge >= 0.3 is 0 Å². The number of nitriles is 1. The number of halogens is 1. The van der Waals surface area contributed by atoms with Crippen LogP contribution in [-0.2, 0) is 20.7 Å². The minimum atomic E-state index is -0.974. The minimum Gasteiger partial charge on any atom is -0.494 e. The van der Waals surface area contributed by atoms with E-state index < -0.39 is 11.2 Å². The molecule has 2 aliphatic heterocycles. The third-order valence-electron chi connectivity index (χ3n) is 7.61. The smallest absolute Gasteiger partial charge is 0.213 e. The standard InChI is InChI=1S/C28H24ClN3O5/c1-27-21(35-2)13-28(37-27,11-12-36-22-10-8-17(29)15-31-22)24-23(27)25(33)32(26(24)34)20-9-7-16(14-30)18-5-3-4-6-19(18)20/h3-10,15,21,33-34H,11-13H2,1-2H3/t21-,27-,28+/m0/s1. The number of fused-ring (bicyclic) bond motifs is 6. The van der Waals surface area contributed by atoms with Gasteiger partial charge in [-0.3, -0.25) is 4.57 Å². The molecular weight excluding hydrogens is 494 g/mol. The summed E-state index contributed by atoms with van der Waals surface area (Å²) in [6.45, 7) is 2.13. The Balaban J connectivity index is 1.46. The fourth-order valence-corrected chi connectivity index (χ4v) is 6.09. The van der Waals surface area contributed by atoms with Crippen molar-refractivity contribution in [3.05, 3.63) is 76.4 Å². The van der Waals surface area contributed by atoms with Crippen LogP contribution in [0.5, 0.6) is 17.6 Å². The van der Waals surface area contributed by atoms with E-state index in [1.807, 2.05) is 31.2 Å². The van der Waals surface area contributed by atoms with Crippen LogP contribution < -0.4 is 4.74 Å². The average Bonchev–Trinajstić information content (AvgIpc) is 3.46. The molecule has 0 radical (unpaired) electrons. The first-order valence-corrected chi connectivity index (χ1v) is 12.3. The van der Waals surface area contributed by atoms with E-state index in [9.17, 15) is 15.5 Å². The van der Waals surface area contributed by atoms with E-state index in [1.54, 1.807) is 31.4 Å². The fraction of sp³-hybridized carbons (Fsp3) is 0.286. The normalized spacial score (nSPS) is 23.8. The van der Waals surface area contributed by atoms with E-state index in [0.717, 1.165) is 10.8 Å². The number of aromatic hydroxyl groups is 2. The molecule has 4 heterocycles. The molecule has 188 valence electrons. The highest BCUT2D eigenvalue weighted by molar-refractivity contribution is 6.30. The van der Waals surface area contributed by atoms with Gasteiger partial charge < -0.3 is 24.4 Å². The molecule has 0 unspecified atom stereocenters. The Morgan fingerprint density at radius 1 is 1.14 bits per heavy atom. The van der Waals surface area contributed by atoms with Crippen LogP contribution in [-0.4, -0.2) is 39.6 Å². The van der Waals surface area contributed by atoms with Crippen LogP contribution in [0.25, 0.3) is 16.5 Å². The number of methoxy groups -OCH3 is 1. The SMILES string of the molecule is CO[C@H]1C[C@@]2(CCOc3ccc(Cl)cn3)O[C@]1(C)c1c2c(O)n(-c2ccc(C#N)c3ccccc23)c1O. The zero-order valence-electron chi connectivity index (χ0n) is 20.2. The largest absolute Gasteiger partial charge is 0.494 e. The Hall–Kier alpha value is -3.77. The van der Waals surface area contributed by atoms with E-state index in [2.05, 4.69) is 11.1 Å². The molecule has 3 atom stereocenters. The van der Waals surface area contributed by atoms with E-state index in [4.69, 9.17) is 25.8 Å². The summed E-state index contributed by atoms with van der Waals surface area (Å²) in [7, 11) is 1.61. The van der Waals surface area contributed by atoms with E-state index in [-0.39, 0.29) is 24.5 Å². The Morgan fingerprint density at radius 3 is 2.59 bits per heavy atom. The maximum atomic E-state index is 11.6.